The van der Waals surface area contributed by atoms with E-state index < -0.39 is 11.8 Å². The largest absolute Gasteiger partial charge is 0.497 e. The topological polar surface area (TPSA) is 73.6 Å². The number of nitrogens with zero attached hydrogens (tertiary/aromatic N) is 2. The molecule has 204 valence electrons. The molecule has 0 amide bonds. The van der Waals surface area contributed by atoms with Crippen molar-refractivity contribution in [2.75, 3.05) is 7.11 Å². The Balaban J connectivity index is 0.00000353. The summed E-state index contributed by atoms with van der Waals surface area (Å²) in [6, 6.07) is 18.5. The van der Waals surface area contributed by atoms with Crippen LogP contribution < -0.4 is 9.47 Å². The summed E-state index contributed by atoms with van der Waals surface area (Å²) in [5, 5.41) is 14.0. The van der Waals surface area contributed by atoms with E-state index >= 15 is 0 Å². The molecule has 1 heterocycles. The normalized spacial score (nSPS) is 13.4. The van der Waals surface area contributed by atoms with Gasteiger partial charge in [0.15, 0.2) is 0 Å². The average molecular weight is 549 g/mol. The van der Waals surface area contributed by atoms with E-state index in [4.69, 9.17) is 9.47 Å². The maximum Gasteiger partial charge on any atom is 0.303 e. The van der Waals surface area contributed by atoms with Crippen LogP contribution in [0.25, 0.3) is 16.9 Å². The number of carbonyl (C=O) groups is 1. The van der Waals surface area contributed by atoms with Crippen LogP contribution in [0, 0.1) is 25.6 Å². The Kier molecular flexibility index (Phi) is 8.65. The van der Waals surface area contributed by atoms with E-state index in [1.54, 1.807) is 30.1 Å². The lowest BCUT2D eigenvalue weighted by Gasteiger charge is -2.16. The number of benzene rings is 3. The third-order valence-corrected chi connectivity index (χ3v) is 6.99. The van der Waals surface area contributed by atoms with Gasteiger partial charge in [0.1, 0.15) is 29.6 Å². The van der Waals surface area contributed by atoms with Gasteiger partial charge in [-0.25, -0.2) is 9.07 Å². The van der Waals surface area contributed by atoms with Crippen LogP contribution in [0.5, 0.6) is 11.5 Å². The van der Waals surface area contributed by atoms with Crippen molar-refractivity contribution in [3.8, 4) is 28.4 Å². The molecule has 1 aromatic heterocycles. The van der Waals surface area contributed by atoms with Gasteiger partial charge in [0.2, 0.25) is 0 Å². The zero-order valence-corrected chi connectivity index (χ0v) is 23.3. The molecule has 1 fully saturated rings. The van der Waals surface area contributed by atoms with Crippen molar-refractivity contribution in [2.24, 2.45) is 5.92 Å². The number of carboxylic acid groups (broad SMARTS) is 1. The van der Waals surface area contributed by atoms with Crippen molar-refractivity contribution in [1.29, 1.82) is 0 Å². The van der Waals surface area contributed by atoms with Crippen LogP contribution in [0.3, 0.4) is 0 Å². The molecule has 0 saturated heterocycles. The number of halogens is 1. The smallest absolute Gasteiger partial charge is 0.303 e. The lowest BCUT2D eigenvalue weighted by molar-refractivity contribution is -0.137. The molecule has 1 atom stereocenters. The Bertz CT molecular complexity index is 1460. The highest BCUT2D eigenvalue weighted by Crippen LogP contribution is 2.45. The molecule has 0 radical (unpaired) electrons. The molecule has 4 aromatic rings. The Morgan fingerprint density at radius 2 is 1.82 bits per heavy atom. The van der Waals surface area contributed by atoms with Crippen LogP contribution in [0.15, 0.2) is 66.9 Å². The second-order valence-corrected chi connectivity index (χ2v) is 10.0. The minimum absolute atomic E-state index is 0. The summed E-state index contributed by atoms with van der Waals surface area (Å²) in [6.45, 7) is 4.27. The average Bonchev–Trinajstić information content (AvgIpc) is 3.64. The fourth-order valence-corrected chi connectivity index (χ4v) is 5.11. The maximum absolute atomic E-state index is 15.0. The third-order valence-electron chi connectivity index (χ3n) is 6.99. The minimum Gasteiger partial charge on any atom is -0.497 e. The molecule has 8 heteroatoms. The highest BCUT2D eigenvalue weighted by Gasteiger charge is 2.33. The zero-order valence-electron chi connectivity index (χ0n) is 22.3. The van der Waals surface area contributed by atoms with Gasteiger partial charge in [-0.15, -0.1) is 0 Å². The summed E-state index contributed by atoms with van der Waals surface area (Å²) in [5.74, 6) is 0.386. The van der Waals surface area contributed by atoms with Crippen molar-refractivity contribution in [3.05, 3.63) is 94.9 Å². The first-order valence-corrected chi connectivity index (χ1v) is 12.8. The van der Waals surface area contributed by atoms with E-state index in [1.807, 2.05) is 38.1 Å². The fraction of sp³-hybridized carbons (Fsp3) is 0.290. The molecule has 0 bridgehead atoms. The van der Waals surface area contributed by atoms with Gasteiger partial charge >= 0.3 is 5.97 Å². The van der Waals surface area contributed by atoms with Crippen molar-refractivity contribution in [3.63, 3.8) is 0 Å². The van der Waals surface area contributed by atoms with Crippen LogP contribution in [-0.2, 0) is 11.4 Å². The van der Waals surface area contributed by atoms with Crippen LogP contribution in [0.1, 0.15) is 47.4 Å². The van der Waals surface area contributed by atoms with Crippen LogP contribution in [-0.4, -0.2) is 28.0 Å². The molecule has 1 N–H and O–H groups in total. The monoisotopic (exact) mass is 548 g/mol. The molecule has 3 aromatic carbocycles. The summed E-state index contributed by atoms with van der Waals surface area (Å²) >= 11 is 0. The first kappa shape index (κ1) is 28.2. The summed E-state index contributed by atoms with van der Waals surface area (Å²) < 4.78 is 28.1. The number of hydrogen-bond acceptors (Lipinski definition) is 4. The molecule has 6 nitrogen and oxygen atoms in total. The summed E-state index contributed by atoms with van der Waals surface area (Å²) in [6.07, 6.45) is 3.93. The van der Waals surface area contributed by atoms with Gasteiger partial charge in [-0.05, 0) is 80.5 Å². The number of ether oxygens (including phenoxy) is 2. The zero-order chi connectivity index (χ0) is 26.8. The van der Waals surface area contributed by atoms with Crippen LogP contribution >= 0.6 is 13.5 Å². The first-order chi connectivity index (χ1) is 18.3. The number of aryl methyl sites for hydroxylation is 2. The quantitative estimate of drug-likeness (QED) is 0.232. The van der Waals surface area contributed by atoms with Crippen molar-refractivity contribution < 1.29 is 23.8 Å². The van der Waals surface area contributed by atoms with Gasteiger partial charge < -0.3 is 14.6 Å². The van der Waals surface area contributed by atoms with E-state index in [2.05, 4.69) is 23.3 Å². The lowest BCUT2D eigenvalue weighted by atomic mass is 9.91. The lowest BCUT2D eigenvalue weighted by Crippen LogP contribution is -2.08. The van der Waals surface area contributed by atoms with Gasteiger partial charge in [0, 0.05) is 17.2 Å². The summed E-state index contributed by atoms with van der Waals surface area (Å²) in [5.41, 5.74) is 5.88. The van der Waals surface area contributed by atoms with Crippen LogP contribution in [0.2, 0.25) is 0 Å². The molecule has 39 heavy (non-hydrogen) atoms. The second kappa shape index (κ2) is 11.9. The van der Waals surface area contributed by atoms with E-state index in [0.717, 1.165) is 46.4 Å². The van der Waals surface area contributed by atoms with Gasteiger partial charge in [-0.1, -0.05) is 29.3 Å². The SMILES string of the molecule is COc1ccc(F)c(-n2ncc(COc3cccc([C@@H](CC(=O)O)C4CC4)c3)c2-c2cc(C)cc(C)c2)c1.S. The number of aliphatic carboxylic acids is 1. The predicted octanol–water partition coefficient (Wildman–Crippen LogP) is 6.96. The van der Waals surface area contributed by atoms with Gasteiger partial charge in [-0.2, -0.15) is 18.6 Å². The number of carboxylic acids is 1. The maximum atomic E-state index is 15.0. The second-order valence-electron chi connectivity index (χ2n) is 10.0. The molecule has 5 rings (SSSR count). The van der Waals surface area contributed by atoms with Crippen molar-refractivity contribution in [1.82, 2.24) is 9.78 Å². The van der Waals surface area contributed by atoms with Gasteiger partial charge in [0.05, 0.1) is 25.4 Å². The number of aromatic nitrogens is 2. The number of methoxy groups -OCH3 is 1. The van der Waals surface area contributed by atoms with Crippen molar-refractivity contribution in [2.45, 2.75) is 45.6 Å². The van der Waals surface area contributed by atoms with Crippen molar-refractivity contribution >= 4 is 19.5 Å². The highest BCUT2D eigenvalue weighted by molar-refractivity contribution is 7.59. The Hall–Kier alpha value is -3.78. The van der Waals surface area contributed by atoms with E-state index in [1.165, 1.54) is 6.07 Å². The van der Waals surface area contributed by atoms with E-state index in [0.29, 0.717) is 17.4 Å². The number of rotatable bonds is 10. The summed E-state index contributed by atoms with van der Waals surface area (Å²) in [4.78, 5) is 11.4. The predicted molar refractivity (Wildman–Crippen MR) is 154 cm³/mol. The number of hydrogen-bond donors (Lipinski definition) is 1. The minimum atomic E-state index is -0.788. The molecular weight excluding hydrogens is 515 g/mol. The first-order valence-electron chi connectivity index (χ1n) is 12.8. The highest BCUT2D eigenvalue weighted by atomic mass is 32.1. The molecule has 0 spiro atoms. The van der Waals surface area contributed by atoms with Gasteiger partial charge in [0.25, 0.3) is 0 Å². The Morgan fingerprint density at radius 3 is 2.49 bits per heavy atom. The Morgan fingerprint density at radius 1 is 1.08 bits per heavy atom. The molecular formula is C31H33FN2O4S. The standard InChI is InChI=1S/C31H31FN2O4.H2S/c1-19-11-20(2)13-23(12-19)31-24(17-33-34(31)29-15-25(37-3)9-10-28(29)32)18-38-26-6-4-5-22(14-26)27(16-30(35)36)21-7-8-21;/h4-6,9-15,17,21,27H,7-8,16,18H2,1-3H3,(H,35,36);1H2/t27-;/m0./s1. The van der Waals surface area contributed by atoms with E-state index in [-0.39, 0.29) is 38.1 Å². The molecule has 1 aliphatic carbocycles. The molecule has 1 saturated carbocycles. The Labute approximate surface area is 234 Å². The van der Waals surface area contributed by atoms with Gasteiger partial charge in [-0.3, -0.25) is 4.79 Å². The molecule has 1 aliphatic rings. The summed E-state index contributed by atoms with van der Waals surface area (Å²) in [7, 11) is 1.54. The molecule has 0 aliphatic heterocycles. The fourth-order valence-electron chi connectivity index (χ4n) is 5.11. The van der Waals surface area contributed by atoms with Crippen LogP contribution in [0.4, 0.5) is 4.39 Å². The third kappa shape index (κ3) is 6.45. The molecule has 0 unspecified atom stereocenters. The van der Waals surface area contributed by atoms with E-state index in [9.17, 15) is 14.3 Å².